The lowest BCUT2D eigenvalue weighted by atomic mass is 9.93. The molecule has 0 radical (unpaired) electrons. The van der Waals surface area contributed by atoms with Crippen molar-refractivity contribution >= 4 is 11.6 Å². The highest BCUT2D eigenvalue weighted by molar-refractivity contribution is 6.32. The Bertz CT molecular complexity index is 1100. The summed E-state index contributed by atoms with van der Waals surface area (Å²) < 4.78 is 19.5. The molecule has 0 amide bonds. The standard InChI is InChI=1S/C27H34ClN3O4/c1-20-13-23(14-21(2)26(20)28)35-18-27(32)7-4-9-31(17-27)16-22-5-6-24(25(15-22)33-3)34-12-11-30-10-8-29-19-30/h5-6,8,10,13-15,19,32H,4,7,9,11-12,16-18H2,1-3H3/t27-/m1/s1. The highest BCUT2D eigenvalue weighted by atomic mass is 35.5. The number of hydrogen-bond acceptors (Lipinski definition) is 6. The second kappa shape index (κ2) is 11.3. The zero-order valence-corrected chi connectivity index (χ0v) is 21.4. The number of piperidine rings is 1. The third kappa shape index (κ3) is 6.69. The van der Waals surface area contributed by atoms with Crippen LogP contribution in [-0.4, -0.2) is 58.6 Å². The molecule has 4 rings (SSSR count). The average molecular weight is 500 g/mol. The van der Waals surface area contributed by atoms with Crippen molar-refractivity contribution in [2.24, 2.45) is 0 Å². The summed E-state index contributed by atoms with van der Waals surface area (Å²) in [6.07, 6.45) is 7.05. The second-order valence-electron chi connectivity index (χ2n) is 9.33. The first-order valence-corrected chi connectivity index (χ1v) is 12.3. The number of aryl methyl sites for hydroxylation is 2. The molecular formula is C27H34ClN3O4. The van der Waals surface area contributed by atoms with Gasteiger partial charge in [0.15, 0.2) is 11.5 Å². The molecule has 3 aromatic rings. The Morgan fingerprint density at radius 2 is 1.91 bits per heavy atom. The van der Waals surface area contributed by atoms with E-state index in [4.69, 9.17) is 25.8 Å². The van der Waals surface area contributed by atoms with E-state index >= 15 is 0 Å². The SMILES string of the molecule is COc1cc(CN2CCC[C@](O)(COc3cc(C)c(Cl)c(C)c3)C2)ccc1OCCn1ccnc1. The number of imidazole rings is 1. The van der Waals surface area contributed by atoms with Crippen molar-refractivity contribution in [3.05, 3.63) is 70.8 Å². The van der Waals surface area contributed by atoms with Crippen molar-refractivity contribution in [1.29, 1.82) is 0 Å². The van der Waals surface area contributed by atoms with Gasteiger partial charge in [-0.05, 0) is 74.2 Å². The van der Waals surface area contributed by atoms with Crippen molar-refractivity contribution in [2.45, 2.75) is 45.4 Å². The van der Waals surface area contributed by atoms with Crippen LogP contribution in [-0.2, 0) is 13.1 Å². The molecule has 35 heavy (non-hydrogen) atoms. The number of likely N-dealkylation sites (tertiary alicyclic amines) is 1. The molecule has 2 aromatic carbocycles. The van der Waals surface area contributed by atoms with Crippen LogP contribution in [0.2, 0.25) is 5.02 Å². The highest BCUT2D eigenvalue weighted by Crippen LogP contribution is 2.31. The van der Waals surface area contributed by atoms with Gasteiger partial charge in [-0.15, -0.1) is 0 Å². The van der Waals surface area contributed by atoms with Crippen LogP contribution in [0, 0.1) is 13.8 Å². The van der Waals surface area contributed by atoms with E-state index in [-0.39, 0.29) is 6.61 Å². The molecule has 1 N–H and O–H groups in total. The summed E-state index contributed by atoms with van der Waals surface area (Å²) in [6.45, 7) is 7.60. The maximum Gasteiger partial charge on any atom is 0.161 e. The molecule has 2 heterocycles. The Morgan fingerprint density at radius 3 is 2.63 bits per heavy atom. The zero-order valence-electron chi connectivity index (χ0n) is 20.7. The first kappa shape index (κ1) is 25.4. The van der Waals surface area contributed by atoms with Gasteiger partial charge in [-0.2, -0.15) is 0 Å². The van der Waals surface area contributed by atoms with E-state index in [1.54, 1.807) is 19.6 Å². The number of hydrogen-bond donors (Lipinski definition) is 1. The number of methoxy groups -OCH3 is 1. The topological polar surface area (TPSA) is 69.0 Å². The normalized spacial score (nSPS) is 18.4. The lowest BCUT2D eigenvalue weighted by Gasteiger charge is -2.39. The van der Waals surface area contributed by atoms with Crippen molar-refractivity contribution in [3.8, 4) is 17.2 Å². The van der Waals surface area contributed by atoms with Gasteiger partial charge in [0.1, 0.15) is 24.6 Å². The lowest BCUT2D eigenvalue weighted by molar-refractivity contribution is -0.0621. The number of halogens is 1. The van der Waals surface area contributed by atoms with Crippen LogP contribution in [0.15, 0.2) is 49.1 Å². The smallest absolute Gasteiger partial charge is 0.161 e. The number of β-amino-alcohol motifs (C(OH)–C–C–N with tert-alkyl or cyclic N) is 1. The summed E-state index contributed by atoms with van der Waals surface area (Å²) in [5.74, 6) is 2.16. The number of ether oxygens (including phenoxy) is 3. The lowest BCUT2D eigenvalue weighted by Crippen LogP contribution is -2.51. The average Bonchev–Trinajstić information content (AvgIpc) is 3.35. The third-order valence-corrected chi connectivity index (χ3v) is 6.95. The van der Waals surface area contributed by atoms with Crippen LogP contribution in [0.3, 0.4) is 0 Å². The van der Waals surface area contributed by atoms with E-state index in [1.807, 2.05) is 48.9 Å². The van der Waals surface area contributed by atoms with E-state index in [9.17, 15) is 5.11 Å². The van der Waals surface area contributed by atoms with Gasteiger partial charge in [0.25, 0.3) is 0 Å². The Hall–Kier alpha value is -2.74. The summed E-state index contributed by atoms with van der Waals surface area (Å²) in [7, 11) is 1.65. The molecule has 0 aliphatic carbocycles. The zero-order chi connectivity index (χ0) is 24.8. The van der Waals surface area contributed by atoms with Gasteiger partial charge in [-0.25, -0.2) is 4.98 Å². The van der Waals surface area contributed by atoms with E-state index < -0.39 is 5.60 Å². The van der Waals surface area contributed by atoms with Gasteiger partial charge in [-0.1, -0.05) is 17.7 Å². The molecule has 1 atom stereocenters. The van der Waals surface area contributed by atoms with E-state index in [0.717, 1.165) is 40.4 Å². The van der Waals surface area contributed by atoms with Crippen molar-refractivity contribution in [3.63, 3.8) is 0 Å². The Labute approximate surface area is 212 Å². The van der Waals surface area contributed by atoms with Crippen LogP contribution in [0.4, 0.5) is 0 Å². The maximum atomic E-state index is 11.3. The fraction of sp³-hybridized carbons (Fsp3) is 0.444. The second-order valence-corrected chi connectivity index (χ2v) is 9.71. The first-order chi connectivity index (χ1) is 16.8. The molecule has 188 valence electrons. The molecule has 1 aliphatic heterocycles. The third-order valence-electron chi connectivity index (χ3n) is 6.35. The number of aromatic nitrogens is 2. The maximum absolute atomic E-state index is 11.3. The number of aliphatic hydroxyl groups is 1. The van der Waals surface area contributed by atoms with Crippen molar-refractivity contribution in [1.82, 2.24) is 14.5 Å². The van der Waals surface area contributed by atoms with Crippen LogP contribution in [0.25, 0.3) is 0 Å². The van der Waals surface area contributed by atoms with Crippen molar-refractivity contribution in [2.75, 3.05) is 33.4 Å². The summed E-state index contributed by atoms with van der Waals surface area (Å²) in [5, 5.41) is 12.0. The first-order valence-electron chi connectivity index (χ1n) is 11.9. The molecule has 0 unspecified atom stereocenters. The number of benzene rings is 2. The summed E-state index contributed by atoms with van der Waals surface area (Å²) in [5.41, 5.74) is 2.15. The Kier molecular flexibility index (Phi) is 8.21. The fourth-order valence-electron chi connectivity index (χ4n) is 4.53. The van der Waals surface area contributed by atoms with Crippen LogP contribution >= 0.6 is 11.6 Å². The molecule has 1 aromatic heterocycles. The Morgan fingerprint density at radius 1 is 1.11 bits per heavy atom. The molecule has 0 bridgehead atoms. The van der Waals surface area contributed by atoms with Crippen LogP contribution < -0.4 is 14.2 Å². The molecule has 1 saturated heterocycles. The van der Waals surface area contributed by atoms with E-state index in [1.165, 1.54) is 0 Å². The summed E-state index contributed by atoms with van der Waals surface area (Å²) in [6, 6.07) is 9.86. The van der Waals surface area contributed by atoms with Crippen molar-refractivity contribution < 1.29 is 19.3 Å². The fourth-order valence-corrected chi connectivity index (χ4v) is 4.64. The molecule has 8 heteroatoms. The van der Waals surface area contributed by atoms with Gasteiger partial charge in [-0.3, -0.25) is 4.90 Å². The number of nitrogens with zero attached hydrogens (tertiary/aromatic N) is 3. The van der Waals surface area contributed by atoms with Crippen LogP contribution in [0.5, 0.6) is 17.2 Å². The molecule has 7 nitrogen and oxygen atoms in total. The van der Waals surface area contributed by atoms with E-state index in [0.29, 0.717) is 44.2 Å². The minimum Gasteiger partial charge on any atom is -0.493 e. The number of rotatable bonds is 10. The highest BCUT2D eigenvalue weighted by Gasteiger charge is 2.34. The molecule has 1 aliphatic rings. The van der Waals surface area contributed by atoms with Gasteiger partial charge in [0.2, 0.25) is 0 Å². The molecule has 0 spiro atoms. The summed E-state index contributed by atoms with van der Waals surface area (Å²) >= 11 is 6.27. The Balaban J connectivity index is 1.33. The summed E-state index contributed by atoms with van der Waals surface area (Å²) in [4.78, 5) is 6.31. The minimum atomic E-state index is -0.903. The molecular weight excluding hydrogens is 466 g/mol. The van der Waals surface area contributed by atoms with Gasteiger partial charge in [0, 0.05) is 30.5 Å². The molecule has 1 fully saturated rings. The van der Waals surface area contributed by atoms with E-state index in [2.05, 4.69) is 16.0 Å². The van der Waals surface area contributed by atoms with Gasteiger partial charge in [0.05, 0.1) is 20.0 Å². The largest absolute Gasteiger partial charge is 0.493 e. The predicted octanol–water partition coefficient (Wildman–Crippen LogP) is 4.65. The van der Waals surface area contributed by atoms with Gasteiger partial charge < -0.3 is 23.9 Å². The van der Waals surface area contributed by atoms with Gasteiger partial charge >= 0.3 is 0 Å². The molecule has 0 saturated carbocycles. The predicted molar refractivity (Wildman–Crippen MR) is 137 cm³/mol. The van der Waals surface area contributed by atoms with Crippen LogP contribution in [0.1, 0.15) is 29.5 Å². The quantitative estimate of drug-likeness (QED) is 0.438. The monoisotopic (exact) mass is 499 g/mol. The minimum absolute atomic E-state index is 0.247.